The fourth-order valence-electron chi connectivity index (χ4n) is 3.92. The zero-order valence-electron chi connectivity index (χ0n) is 16.4. The van der Waals surface area contributed by atoms with E-state index in [1.54, 1.807) is 27.8 Å². The highest BCUT2D eigenvalue weighted by atomic mass is 32.2. The van der Waals surface area contributed by atoms with Crippen LogP contribution in [0.1, 0.15) is 34.7 Å². The minimum absolute atomic E-state index is 0.0000268. The number of anilines is 1. The summed E-state index contributed by atoms with van der Waals surface area (Å²) >= 11 is 3.30. The highest BCUT2D eigenvalue weighted by Crippen LogP contribution is 2.41. The molecule has 2 aromatic carbocycles. The fraction of sp³-hybridized carbons (Fsp3) is 0.227. The number of benzene rings is 2. The van der Waals surface area contributed by atoms with E-state index < -0.39 is 0 Å². The van der Waals surface area contributed by atoms with Crippen LogP contribution in [0.5, 0.6) is 0 Å². The van der Waals surface area contributed by atoms with Crippen LogP contribution in [0, 0.1) is 13.8 Å². The molecule has 0 saturated carbocycles. The average Bonchev–Trinajstić information content (AvgIpc) is 3.28. The Morgan fingerprint density at radius 3 is 2.72 bits per heavy atom. The molecule has 29 heavy (non-hydrogen) atoms. The minimum Gasteiger partial charge on any atom is -0.310 e. The first kappa shape index (κ1) is 18.4. The van der Waals surface area contributed by atoms with Crippen LogP contribution in [0.4, 0.5) is 5.82 Å². The molecular weight excluding hydrogens is 400 g/mol. The number of amides is 1. The summed E-state index contributed by atoms with van der Waals surface area (Å²) in [7, 11) is 0. The third-order valence-electron chi connectivity index (χ3n) is 5.33. The lowest BCUT2D eigenvalue weighted by Gasteiger charge is -2.24. The van der Waals surface area contributed by atoms with Gasteiger partial charge in [0.2, 0.25) is 11.0 Å². The third kappa shape index (κ3) is 3.14. The highest BCUT2D eigenvalue weighted by Gasteiger charge is 2.33. The largest absolute Gasteiger partial charge is 0.310 e. The van der Waals surface area contributed by atoms with Crippen LogP contribution in [-0.4, -0.2) is 26.9 Å². The van der Waals surface area contributed by atoms with E-state index in [0.717, 1.165) is 38.0 Å². The molecule has 0 fully saturated rings. The topological polar surface area (TPSA) is 59.8 Å². The number of hydrogen-bond acceptors (Lipinski definition) is 5. The van der Waals surface area contributed by atoms with Gasteiger partial charge in [0.05, 0.1) is 15.9 Å². The van der Waals surface area contributed by atoms with Crippen LogP contribution in [0.25, 0.3) is 15.3 Å². The SMILES string of the molecule is CSc1ccc([C@@H]2CC(=O)Nc3c2c(C)nn3-c2nc3ccc(C)cc3s2)cc1. The van der Waals surface area contributed by atoms with Gasteiger partial charge < -0.3 is 5.32 Å². The molecule has 2 aromatic heterocycles. The van der Waals surface area contributed by atoms with E-state index in [0.29, 0.717) is 6.42 Å². The molecule has 0 aliphatic carbocycles. The van der Waals surface area contributed by atoms with Crippen molar-refractivity contribution in [1.29, 1.82) is 0 Å². The van der Waals surface area contributed by atoms with Gasteiger partial charge in [-0.1, -0.05) is 29.5 Å². The maximum atomic E-state index is 12.6. The normalized spacial score (nSPS) is 16.1. The van der Waals surface area contributed by atoms with E-state index in [9.17, 15) is 4.79 Å². The fourth-order valence-corrected chi connectivity index (χ4v) is 5.35. The third-order valence-corrected chi connectivity index (χ3v) is 7.07. The van der Waals surface area contributed by atoms with Crippen LogP contribution in [0.2, 0.25) is 0 Å². The van der Waals surface area contributed by atoms with Gasteiger partial charge in [-0.05, 0) is 55.5 Å². The van der Waals surface area contributed by atoms with Crippen LogP contribution >= 0.6 is 23.1 Å². The van der Waals surface area contributed by atoms with Crippen molar-refractivity contribution < 1.29 is 4.79 Å². The summed E-state index contributed by atoms with van der Waals surface area (Å²) in [6, 6.07) is 14.7. The van der Waals surface area contributed by atoms with Gasteiger partial charge in [-0.25, -0.2) is 4.98 Å². The maximum Gasteiger partial charge on any atom is 0.226 e. The predicted octanol–water partition coefficient (Wildman–Crippen LogP) is 5.29. The van der Waals surface area contributed by atoms with Crippen molar-refractivity contribution in [3.63, 3.8) is 0 Å². The highest BCUT2D eigenvalue weighted by molar-refractivity contribution is 7.98. The molecule has 0 spiro atoms. The summed E-state index contributed by atoms with van der Waals surface area (Å²) in [4.78, 5) is 18.5. The van der Waals surface area contributed by atoms with E-state index in [2.05, 4.69) is 54.9 Å². The Morgan fingerprint density at radius 1 is 1.17 bits per heavy atom. The lowest BCUT2D eigenvalue weighted by molar-refractivity contribution is -0.116. The summed E-state index contributed by atoms with van der Waals surface area (Å²) in [5.74, 6) is 0.753. The van der Waals surface area contributed by atoms with Crippen molar-refractivity contribution in [2.75, 3.05) is 11.6 Å². The van der Waals surface area contributed by atoms with Gasteiger partial charge in [-0.15, -0.1) is 11.8 Å². The zero-order chi connectivity index (χ0) is 20.1. The monoisotopic (exact) mass is 420 g/mol. The first-order chi connectivity index (χ1) is 14.0. The number of nitrogens with one attached hydrogen (secondary N) is 1. The molecule has 0 saturated heterocycles. The quantitative estimate of drug-likeness (QED) is 0.457. The second-order valence-corrected chi connectivity index (χ2v) is 9.19. The second-order valence-electron chi connectivity index (χ2n) is 7.31. The van der Waals surface area contributed by atoms with E-state index >= 15 is 0 Å². The van der Waals surface area contributed by atoms with Crippen molar-refractivity contribution >= 4 is 45.0 Å². The number of fused-ring (bicyclic) bond motifs is 2. The lowest BCUT2D eigenvalue weighted by atomic mass is 9.86. The minimum atomic E-state index is 0.0000268. The molecular formula is C22H20N4OS2. The Morgan fingerprint density at radius 2 is 1.97 bits per heavy atom. The average molecular weight is 421 g/mol. The number of aryl methyl sites for hydroxylation is 2. The molecule has 1 aliphatic heterocycles. The molecule has 3 heterocycles. The number of carbonyl (C=O) groups excluding carboxylic acids is 1. The lowest BCUT2D eigenvalue weighted by Crippen LogP contribution is -2.24. The summed E-state index contributed by atoms with van der Waals surface area (Å²) < 4.78 is 2.92. The van der Waals surface area contributed by atoms with Crippen LogP contribution < -0.4 is 5.32 Å². The molecule has 146 valence electrons. The molecule has 1 amide bonds. The second kappa shape index (κ2) is 7.00. The molecule has 5 rings (SSSR count). The summed E-state index contributed by atoms with van der Waals surface area (Å²) in [5.41, 5.74) is 5.30. The summed E-state index contributed by atoms with van der Waals surface area (Å²) in [5, 5.41) is 8.59. The van der Waals surface area contributed by atoms with Gasteiger partial charge in [0.25, 0.3) is 0 Å². The standard InChI is InChI=1S/C22H20N4OS2/c1-12-4-9-17-18(10-12)29-22(23-17)26-21-20(13(2)25-26)16(11-19(27)24-21)14-5-7-15(28-3)8-6-14/h4-10,16H,11H2,1-3H3,(H,24,27)/t16-/m0/s1. The van der Waals surface area contributed by atoms with Gasteiger partial charge in [0.15, 0.2) is 0 Å². The van der Waals surface area contributed by atoms with Gasteiger partial charge in [0.1, 0.15) is 5.82 Å². The Labute approximate surface area is 177 Å². The van der Waals surface area contributed by atoms with Gasteiger partial charge in [-0.2, -0.15) is 9.78 Å². The maximum absolute atomic E-state index is 12.6. The first-order valence-corrected chi connectivity index (χ1v) is 11.5. The Hall–Kier alpha value is -2.64. The number of hydrogen-bond donors (Lipinski definition) is 1. The number of nitrogens with zero attached hydrogens (tertiary/aromatic N) is 3. The molecule has 0 radical (unpaired) electrons. The van der Waals surface area contributed by atoms with Crippen molar-refractivity contribution in [3.8, 4) is 5.13 Å². The predicted molar refractivity (Wildman–Crippen MR) is 120 cm³/mol. The van der Waals surface area contributed by atoms with Crippen molar-refractivity contribution in [2.24, 2.45) is 0 Å². The molecule has 0 unspecified atom stereocenters. The van der Waals surface area contributed by atoms with Crippen molar-refractivity contribution in [1.82, 2.24) is 14.8 Å². The molecule has 1 N–H and O–H groups in total. The zero-order valence-corrected chi connectivity index (χ0v) is 18.0. The Kier molecular flexibility index (Phi) is 4.44. The van der Waals surface area contributed by atoms with Crippen molar-refractivity contribution in [3.05, 3.63) is 64.8 Å². The van der Waals surface area contributed by atoms with E-state index in [1.807, 2.05) is 13.0 Å². The number of carbonyl (C=O) groups is 1. The number of rotatable bonds is 3. The summed E-state index contributed by atoms with van der Waals surface area (Å²) in [6.45, 7) is 4.08. The molecule has 4 aromatic rings. The molecule has 1 aliphatic rings. The van der Waals surface area contributed by atoms with E-state index in [-0.39, 0.29) is 11.8 Å². The molecule has 0 bridgehead atoms. The van der Waals surface area contributed by atoms with Gasteiger partial charge >= 0.3 is 0 Å². The van der Waals surface area contributed by atoms with Crippen LogP contribution in [-0.2, 0) is 4.79 Å². The van der Waals surface area contributed by atoms with Crippen LogP contribution in [0.15, 0.2) is 47.4 Å². The number of thiazole rings is 1. The first-order valence-electron chi connectivity index (χ1n) is 9.44. The molecule has 1 atom stereocenters. The van der Waals surface area contributed by atoms with E-state index in [1.165, 1.54) is 10.5 Å². The van der Waals surface area contributed by atoms with E-state index in [4.69, 9.17) is 10.1 Å². The Bertz CT molecular complexity index is 1240. The molecule has 7 heteroatoms. The number of aromatic nitrogens is 3. The number of thioether (sulfide) groups is 1. The van der Waals surface area contributed by atoms with Crippen molar-refractivity contribution in [2.45, 2.75) is 31.1 Å². The molecule has 5 nitrogen and oxygen atoms in total. The van der Waals surface area contributed by atoms with Gasteiger partial charge in [-0.3, -0.25) is 4.79 Å². The Balaban J connectivity index is 1.64. The van der Waals surface area contributed by atoms with Crippen LogP contribution in [0.3, 0.4) is 0 Å². The summed E-state index contributed by atoms with van der Waals surface area (Å²) in [6.07, 6.45) is 2.49. The van der Waals surface area contributed by atoms with Gasteiger partial charge in [0, 0.05) is 22.8 Å². The smallest absolute Gasteiger partial charge is 0.226 e.